The fourth-order valence-corrected chi connectivity index (χ4v) is 1.67. The van der Waals surface area contributed by atoms with E-state index in [1.54, 1.807) is 12.1 Å². The van der Waals surface area contributed by atoms with Crippen LogP contribution in [0.2, 0.25) is 0 Å². The summed E-state index contributed by atoms with van der Waals surface area (Å²) in [6, 6.07) is 7.17. The van der Waals surface area contributed by atoms with Crippen LogP contribution in [0.25, 0.3) is 0 Å². The zero-order chi connectivity index (χ0) is 9.47. The zero-order valence-corrected chi connectivity index (χ0v) is 7.13. The van der Waals surface area contributed by atoms with Crippen molar-refractivity contribution in [2.75, 3.05) is 5.73 Å². The Morgan fingerprint density at radius 2 is 1.69 bits per heavy atom. The van der Waals surface area contributed by atoms with Gasteiger partial charge in [-0.1, -0.05) is 12.1 Å². The maximum atomic E-state index is 12.5. The normalized spacial score (nSPS) is 21.1. The summed E-state index contributed by atoms with van der Waals surface area (Å²) >= 11 is 0. The highest BCUT2D eigenvalue weighted by Crippen LogP contribution is 2.48. The fraction of sp³-hybridized carbons (Fsp3) is 0.400. The molecule has 0 heterocycles. The molecule has 0 unspecified atom stereocenters. The van der Waals surface area contributed by atoms with Gasteiger partial charge < -0.3 is 5.73 Å². The van der Waals surface area contributed by atoms with Gasteiger partial charge in [0, 0.05) is 18.5 Å². The number of hydrogen-bond donors (Lipinski definition) is 1. The quantitative estimate of drug-likeness (QED) is 0.665. The Bertz CT molecular complexity index is 297. The Kier molecular flexibility index (Phi) is 1.75. The molecule has 13 heavy (non-hydrogen) atoms. The van der Waals surface area contributed by atoms with Gasteiger partial charge in [0.15, 0.2) is 0 Å². The molecule has 0 spiro atoms. The van der Waals surface area contributed by atoms with Crippen LogP contribution in [0.1, 0.15) is 24.3 Å². The van der Waals surface area contributed by atoms with Crippen LogP contribution in [-0.2, 0) is 0 Å². The second kappa shape index (κ2) is 2.69. The number of alkyl halides is 2. The van der Waals surface area contributed by atoms with Gasteiger partial charge in [0.05, 0.1) is 0 Å². The van der Waals surface area contributed by atoms with Crippen LogP contribution in [0, 0.1) is 0 Å². The van der Waals surface area contributed by atoms with E-state index in [9.17, 15) is 8.78 Å². The highest BCUT2D eigenvalue weighted by atomic mass is 19.3. The number of nitrogen functional groups attached to an aromatic ring is 1. The summed E-state index contributed by atoms with van der Waals surface area (Å²) in [5.41, 5.74) is 7.14. The van der Waals surface area contributed by atoms with Gasteiger partial charge in [0.25, 0.3) is 0 Å². The van der Waals surface area contributed by atoms with Crippen LogP contribution in [0.5, 0.6) is 0 Å². The monoisotopic (exact) mass is 183 g/mol. The van der Waals surface area contributed by atoms with Crippen molar-refractivity contribution in [3.63, 3.8) is 0 Å². The third kappa shape index (κ3) is 1.64. The number of rotatable bonds is 1. The van der Waals surface area contributed by atoms with E-state index >= 15 is 0 Å². The Balaban J connectivity index is 2.08. The van der Waals surface area contributed by atoms with E-state index in [4.69, 9.17) is 5.73 Å². The Labute approximate surface area is 75.6 Å². The van der Waals surface area contributed by atoms with Crippen LogP contribution >= 0.6 is 0 Å². The summed E-state index contributed by atoms with van der Waals surface area (Å²) in [6.07, 6.45) is -0.0339. The minimum Gasteiger partial charge on any atom is -0.399 e. The molecule has 1 aromatic rings. The maximum absolute atomic E-state index is 12.5. The Hall–Kier alpha value is -1.12. The van der Waals surface area contributed by atoms with Crippen molar-refractivity contribution in [2.24, 2.45) is 0 Å². The predicted molar refractivity (Wildman–Crippen MR) is 47.8 cm³/mol. The molecule has 0 amide bonds. The maximum Gasteiger partial charge on any atom is 0.249 e. The van der Waals surface area contributed by atoms with Gasteiger partial charge in [0.2, 0.25) is 5.92 Å². The second-order valence-corrected chi connectivity index (χ2v) is 3.63. The van der Waals surface area contributed by atoms with Crippen LogP contribution in [0.4, 0.5) is 14.5 Å². The molecule has 0 atom stereocenters. The van der Waals surface area contributed by atoms with E-state index in [0.29, 0.717) is 5.69 Å². The molecule has 1 aromatic carbocycles. The molecule has 70 valence electrons. The van der Waals surface area contributed by atoms with Gasteiger partial charge in [-0.05, 0) is 23.6 Å². The molecule has 3 heteroatoms. The van der Waals surface area contributed by atoms with Gasteiger partial charge in [0.1, 0.15) is 0 Å². The fourth-order valence-electron chi connectivity index (χ4n) is 1.67. The van der Waals surface area contributed by atoms with Crippen molar-refractivity contribution >= 4 is 5.69 Å². The molecule has 0 bridgehead atoms. The zero-order valence-electron chi connectivity index (χ0n) is 7.13. The Morgan fingerprint density at radius 1 is 1.15 bits per heavy atom. The molecule has 1 aliphatic rings. The minimum absolute atomic E-state index is 0.0169. The highest BCUT2D eigenvalue weighted by molar-refractivity contribution is 5.40. The van der Waals surface area contributed by atoms with E-state index in [-0.39, 0.29) is 18.8 Å². The molecular weight excluding hydrogens is 172 g/mol. The van der Waals surface area contributed by atoms with Crippen LogP contribution in [-0.4, -0.2) is 5.92 Å². The van der Waals surface area contributed by atoms with Gasteiger partial charge >= 0.3 is 0 Å². The van der Waals surface area contributed by atoms with E-state index < -0.39 is 5.92 Å². The van der Waals surface area contributed by atoms with Crippen LogP contribution in [0.15, 0.2) is 24.3 Å². The third-order valence-corrected chi connectivity index (χ3v) is 2.50. The second-order valence-electron chi connectivity index (χ2n) is 3.63. The molecule has 0 radical (unpaired) electrons. The van der Waals surface area contributed by atoms with Crippen molar-refractivity contribution in [1.29, 1.82) is 0 Å². The van der Waals surface area contributed by atoms with Gasteiger partial charge in [-0.25, -0.2) is 8.78 Å². The summed E-state index contributed by atoms with van der Waals surface area (Å²) in [6.45, 7) is 0. The number of hydrogen-bond acceptors (Lipinski definition) is 1. The van der Waals surface area contributed by atoms with E-state index in [1.807, 2.05) is 12.1 Å². The molecule has 1 nitrogen and oxygen atoms in total. The molecule has 2 rings (SSSR count). The molecule has 0 aliphatic heterocycles. The number of anilines is 1. The van der Waals surface area contributed by atoms with E-state index in [1.165, 1.54) is 0 Å². The first-order valence-corrected chi connectivity index (χ1v) is 4.30. The van der Waals surface area contributed by atoms with Crippen molar-refractivity contribution < 1.29 is 8.78 Å². The average Bonchev–Trinajstić information content (AvgIpc) is 2.01. The standard InChI is InChI=1S/C10H11F2N/c11-10(12)5-8(6-10)7-1-3-9(13)4-2-7/h1-4,8H,5-6,13H2. The molecule has 2 N–H and O–H groups in total. The molecule has 0 saturated heterocycles. The van der Waals surface area contributed by atoms with Gasteiger partial charge in [-0.2, -0.15) is 0 Å². The lowest BCUT2D eigenvalue weighted by atomic mass is 9.77. The topological polar surface area (TPSA) is 26.0 Å². The minimum atomic E-state index is -2.44. The highest BCUT2D eigenvalue weighted by Gasteiger charge is 2.45. The summed E-state index contributed by atoms with van der Waals surface area (Å²) in [5, 5.41) is 0. The Morgan fingerprint density at radius 3 is 2.15 bits per heavy atom. The van der Waals surface area contributed by atoms with Gasteiger partial charge in [-0.15, -0.1) is 0 Å². The lowest BCUT2D eigenvalue weighted by molar-refractivity contribution is -0.0867. The van der Waals surface area contributed by atoms with E-state index in [2.05, 4.69) is 0 Å². The molecular formula is C10H11F2N. The average molecular weight is 183 g/mol. The predicted octanol–water partition coefficient (Wildman–Crippen LogP) is 2.78. The smallest absolute Gasteiger partial charge is 0.249 e. The van der Waals surface area contributed by atoms with Crippen molar-refractivity contribution in [3.05, 3.63) is 29.8 Å². The van der Waals surface area contributed by atoms with Gasteiger partial charge in [-0.3, -0.25) is 0 Å². The molecule has 1 fully saturated rings. The van der Waals surface area contributed by atoms with Crippen molar-refractivity contribution in [1.82, 2.24) is 0 Å². The number of nitrogens with two attached hydrogens (primary N) is 1. The number of benzene rings is 1. The van der Waals surface area contributed by atoms with Crippen LogP contribution in [0.3, 0.4) is 0 Å². The summed E-state index contributed by atoms with van der Waals surface area (Å²) in [7, 11) is 0. The van der Waals surface area contributed by atoms with E-state index in [0.717, 1.165) is 5.56 Å². The van der Waals surface area contributed by atoms with Crippen LogP contribution < -0.4 is 5.73 Å². The lowest BCUT2D eigenvalue weighted by Gasteiger charge is -2.35. The third-order valence-electron chi connectivity index (χ3n) is 2.50. The molecule has 1 aliphatic carbocycles. The summed E-state index contributed by atoms with van der Waals surface area (Å²) < 4.78 is 25.1. The first kappa shape index (κ1) is 8.48. The molecule has 0 aromatic heterocycles. The number of halogens is 2. The first-order chi connectivity index (χ1) is 6.07. The SMILES string of the molecule is Nc1ccc(C2CC(F)(F)C2)cc1. The molecule has 1 saturated carbocycles. The summed E-state index contributed by atoms with van der Waals surface area (Å²) in [5.74, 6) is -2.41. The lowest BCUT2D eigenvalue weighted by Crippen LogP contribution is -2.33. The van der Waals surface area contributed by atoms with Crippen molar-refractivity contribution in [2.45, 2.75) is 24.7 Å². The largest absolute Gasteiger partial charge is 0.399 e. The van der Waals surface area contributed by atoms with Crippen molar-refractivity contribution in [3.8, 4) is 0 Å². The summed E-state index contributed by atoms with van der Waals surface area (Å²) in [4.78, 5) is 0. The first-order valence-electron chi connectivity index (χ1n) is 4.30.